The number of likely N-dealkylation sites (tertiary alicyclic amines) is 1. The molecule has 3 atom stereocenters. The van der Waals surface area contributed by atoms with E-state index in [2.05, 4.69) is 41.0 Å². The Hall–Kier alpha value is -1.00. The number of aryl methyl sites for hydroxylation is 1. The standard InChI is InChI=1S/C15H26N4/c1-5-16-15-7-9-19(12(3)11(15)2)10-14-6-8-17-13(4)18-14/h6,8,11-12,15-16H,5,7,9-10H2,1-4H3. The minimum absolute atomic E-state index is 0.591. The quantitative estimate of drug-likeness (QED) is 0.901. The van der Waals surface area contributed by atoms with Crippen molar-refractivity contribution in [3.05, 3.63) is 23.8 Å². The molecule has 1 aromatic rings. The molecule has 0 amide bonds. The second-order valence-electron chi connectivity index (χ2n) is 5.62. The Morgan fingerprint density at radius 1 is 1.42 bits per heavy atom. The highest BCUT2D eigenvalue weighted by molar-refractivity contribution is 5.03. The van der Waals surface area contributed by atoms with E-state index in [9.17, 15) is 0 Å². The molecule has 4 heteroatoms. The van der Waals surface area contributed by atoms with Gasteiger partial charge in [-0.05, 0) is 38.8 Å². The molecule has 1 N–H and O–H groups in total. The summed E-state index contributed by atoms with van der Waals surface area (Å²) in [4.78, 5) is 11.2. The fourth-order valence-electron chi connectivity index (χ4n) is 3.01. The van der Waals surface area contributed by atoms with E-state index in [0.29, 0.717) is 18.0 Å². The van der Waals surface area contributed by atoms with Gasteiger partial charge in [-0.3, -0.25) is 4.90 Å². The maximum Gasteiger partial charge on any atom is 0.125 e. The molecule has 1 aliphatic rings. The predicted octanol–water partition coefficient (Wildman–Crippen LogP) is 1.99. The lowest BCUT2D eigenvalue weighted by Gasteiger charge is -2.42. The number of rotatable bonds is 4. The first-order valence-electron chi connectivity index (χ1n) is 7.37. The van der Waals surface area contributed by atoms with E-state index in [1.807, 2.05) is 19.2 Å². The van der Waals surface area contributed by atoms with Crippen molar-refractivity contribution in [2.45, 2.75) is 52.7 Å². The van der Waals surface area contributed by atoms with Gasteiger partial charge in [0.1, 0.15) is 5.82 Å². The van der Waals surface area contributed by atoms with Crippen LogP contribution in [0.1, 0.15) is 38.7 Å². The SMILES string of the molecule is CCNC1CCN(Cc2ccnc(C)n2)C(C)C1C. The molecule has 1 saturated heterocycles. The molecule has 0 aliphatic carbocycles. The van der Waals surface area contributed by atoms with Gasteiger partial charge in [0, 0.05) is 31.4 Å². The molecule has 0 spiro atoms. The Bertz CT molecular complexity index is 407. The van der Waals surface area contributed by atoms with Crippen molar-refractivity contribution in [3.63, 3.8) is 0 Å². The minimum Gasteiger partial charge on any atom is -0.314 e. The summed E-state index contributed by atoms with van der Waals surface area (Å²) in [5.41, 5.74) is 1.13. The fraction of sp³-hybridized carbons (Fsp3) is 0.733. The Morgan fingerprint density at radius 2 is 2.21 bits per heavy atom. The van der Waals surface area contributed by atoms with Crippen LogP contribution in [0.4, 0.5) is 0 Å². The second kappa shape index (κ2) is 6.44. The number of hydrogen-bond acceptors (Lipinski definition) is 4. The normalized spacial score (nSPS) is 28.5. The van der Waals surface area contributed by atoms with E-state index in [0.717, 1.165) is 31.2 Å². The maximum atomic E-state index is 4.51. The highest BCUT2D eigenvalue weighted by Crippen LogP contribution is 2.24. The largest absolute Gasteiger partial charge is 0.314 e. The highest BCUT2D eigenvalue weighted by atomic mass is 15.2. The molecule has 2 heterocycles. The van der Waals surface area contributed by atoms with Crippen LogP contribution in [0.3, 0.4) is 0 Å². The summed E-state index contributed by atoms with van der Waals surface area (Å²) in [5.74, 6) is 1.54. The molecule has 0 saturated carbocycles. The Balaban J connectivity index is 1.99. The van der Waals surface area contributed by atoms with Crippen molar-refractivity contribution in [2.24, 2.45) is 5.92 Å². The van der Waals surface area contributed by atoms with Crippen LogP contribution in [0.25, 0.3) is 0 Å². The number of piperidine rings is 1. The topological polar surface area (TPSA) is 41.0 Å². The third kappa shape index (κ3) is 3.51. The van der Waals surface area contributed by atoms with E-state index >= 15 is 0 Å². The van der Waals surface area contributed by atoms with Crippen LogP contribution in [-0.4, -0.2) is 40.0 Å². The summed E-state index contributed by atoms with van der Waals surface area (Å²) in [6.07, 6.45) is 3.08. The monoisotopic (exact) mass is 262 g/mol. The van der Waals surface area contributed by atoms with Crippen molar-refractivity contribution in [2.75, 3.05) is 13.1 Å². The molecule has 2 rings (SSSR count). The van der Waals surface area contributed by atoms with Crippen LogP contribution in [0, 0.1) is 12.8 Å². The lowest BCUT2D eigenvalue weighted by molar-refractivity contribution is 0.0779. The third-order valence-corrected chi connectivity index (χ3v) is 4.36. The molecule has 0 radical (unpaired) electrons. The molecule has 1 aliphatic heterocycles. The second-order valence-corrected chi connectivity index (χ2v) is 5.62. The molecule has 0 aromatic carbocycles. The summed E-state index contributed by atoms with van der Waals surface area (Å²) in [5, 5.41) is 3.61. The maximum absolute atomic E-state index is 4.51. The predicted molar refractivity (Wildman–Crippen MR) is 77.9 cm³/mol. The van der Waals surface area contributed by atoms with Gasteiger partial charge in [0.25, 0.3) is 0 Å². The molecule has 1 aromatic heterocycles. The zero-order chi connectivity index (χ0) is 13.8. The summed E-state index contributed by atoms with van der Waals surface area (Å²) in [7, 11) is 0. The minimum atomic E-state index is 0.591. The van der Waals surface area contributed by atoms with Gasteiger partial charge in [0.05, 0.1) is 5.69 Å². The summed E-state index contributed by atoms with van der Waals surface area (Å²) < 4.78 is 0. The van der Waals surface area contributed by atoms with E-state index in [4.69, 9.17) is 0 Å². The first-order valence-corrected chi connectivity index (χ1v) is 7.37. The van der Waals surface area contributed by atoms with Gasteiger partial charge in [-0.25, -0.2) is 9.97 Å². The average Bonchev–Trinajstić information content (AvgIpc) is 2.39. The Labute approximate surface area is 116 Å². The van der Waals surface area contributed by atoms with Gasteiger partial charge in [0.15, 0.2) is 0 Å². The van der Waals surface area contributed by atoms with Crippen LogP contribution in [0.2, 0.25) is 0 Å². The van der Waals surface area contributed by atoms with Crippen LogP contribution in [0.5, 0.6) is 0 Å². The van der Waals surface area contributed by atoms with Crippen molar-refractivity contribution in [1.82, 2.24) is 20.2 Å². The lowest BCUT2D eigenvalue weighted by atomic mass is 9.87. The molecular weight excluding hydrogens is 236 g/mol. The molecule has 106 valence electrons. The van der Waals surface area contributed by atoms with Crippen molar-refractivity contribution >= 4 is 0 Å². The van der Waals surface area contributed by atoms with Gasteiger partial charge >= 0.3 is 0 Å². The van der Waals surface area contributed by atoms with Crippen molar-refractivity contribution in [3.8, 4) is 0 Å². The molecule has 0 bridgehead atoms. The zero-order valence-electron chi connectivity index (χ0n) is 12.6. The summed E-state index contributed by atoms with van der Waals surface area (Å²) >= 11 is 0. The smallest absolute Gasteiger partial charge is 0.125 e. The Morgan fingerprint density at radius 3 is 2.89 bits per heavy atom. The van der Waals surface area contributed by atoms with Crippen LogP contribution in [-0.2, 0) is 6.54 Å². The highest BCUT2D eigenvalue weighted by Gasteiger charge is 2.31. The number of nitrogens with one attached hydrogen (secondary N) is 1. The fourth-order valence-corrected chi connectivity index (χ4v) is 3.01. The van der Waals surface area contributed by atoms with Crippen LogP contribution in [0.15, 0.2) is 12.3 Å². The number of nitrogens with zero attached hydrogens (tertiary/aromatic N) is 3. The zero-order valence-corrected chi connectivity index (χ0v) is 12.6. The van der Waals surface area contributed by atoms with E-state index in [-0.39, 0.29) is 0 Å². The van der Waals surface area contributed by atoms with Gasteiger partial charge in [-0.1, -0.05) is 13.8 Å². The Kier molecular flexibility index (Phi) is 4.88. The van der Waals surface area contributed by atoms with Gasteiger partial charge in [-0.15, -0.1) is 0 Å². The molecule has 1 fully saturated rings. The number of aromatic nitrogens is 2. The molecule has 4 nitrogen and oxygen atoms in total. The van der Waals surface area contributed by atoms with Gasteiger partial charge in [0.2, 0.25) is 0 Å². The average molecular weight is 262 g/mol. The van der Waals surface area contributed by atoms with Gasteiger partial charge in [-0.2, -0.15) is 0 Å². The molecule has 3 unspecified atom stereocenters. The van der Waals surface area contributed by atoms with Crippen LogP contribution >= 0.6 is 0 Å². The first kappa shape index (κ1) is 14.4. The van der Waals surface area contributed by atoms with Crippen molar-refractivity contribution < 1.29 is 0 Å². The van der Waals surface area contributed by atoms with E-state index in [1.54, 1.807) is 0 Å². The molecule has 19 heavy (non-hydrogen) atoms. The number of hydrogen-bond donors (Lipinski definition) is 1. The lowest BCUT2D eigenvalue weighted by Crippen LogP contribution is -2.53. The van der Waals surface area contributed by atoms with Crippen molar-refractivity contribution in [1.29, 1.82) is 0 Å². The van der Waals surface area contributed by atoms with Crippen LogP contribution < -0.4 is 5.32 Å². The first-order chi connectivity index (χ1) is 9.11. The van der Waals surface area contributed by atoms with E-state index < -0.39 is 0 Å². The summed E-state index contributed by atoms with van der Waals surface area (Å²) in [6.45, 7) is 12.0. The van der Waals surface area contributed by atoms with Gasteiger partial charge < -0.3 is 5.32 Å². The van der Waals surface area contributed by atoms with E-state index in [1.165, 1.54) is 6.42 Å². The summed E-state index contributed by atoms with van der Waals surface area (Å²) in [6, 6.07) is 3.28. The third-order valence-electron chi connectivity index (χ3n) is 4.36. The molecular formula is C15H26N4.